The molecule has 0 aromatic carbocycles. The molecule has 0 fully saturated rings. The Morgan fingerprint density at radius 2 is 1.62 bits per heavy atom. The second kappa shape index (κ2) is 7.29. The van der Waals surface area contributed by atoms with E-state index in [9.17, 15) is 0 Å². The standard InChI is InChI=1S/C14H32N2/c1-7-13(8-2)10-16(9-3)14(6,11-15)12(4)5/h12-13H,7-11,15H2,1-6H3. The molecule has 0 rings (SSSR count). The van der Waals surface area contributed by atoms with E-state index >= 15 is 0 Å². The van der Waals surface area contributed by atoms with Crippen LogP contribution in [0.4, 0.5) is 0 Å². The first-order valence-electron chi connectivity index (χ1n) is 6.91. The SMILES string of the molecule is CCC(CC)CN(CC)C(C)(CN)C(C)C. The third-order valence-corrected chi connectivity index (χ3v) is 4.39. The lowest BCUT2D eigenvalue weighted by Crippen LogP contribution is -2.56. The van der Waals surface area contributed by atoms with E-state index in [1.165, 1.54) is 19.4 Å². The fourth-order valence-corrected chi connectivity index (χ4v) is 2.29. The van der Waals surface area contributed by atoms with Gasteiger partial charge in [0.1, 0.15) is 0 Å². The third kappa shape index (κ3) is 3.74. The van der Waals surface area contributed by atoms with Crippen molar-refractivity contribution >= 4 is 0 Å². The zero-order valence-electron chi connectivity index (χ0n) is 12.2. The van der Waals surface area contributed by atoms with Gasteiger partial charge in [-0.2, -0.15) is 0 Å². The first-order valence-corrected chi connectivity index (χ1v) is 6.91. The van der Waals surface area contributed by atoms with E-state index < -0.39 is 0 Å². The lowest BCUT2D eigenvalue weighted by Gasteiger charge is -2.45. The average Bonchev–Trinajstić information content (AvgIpc) is 2.29. The first kappa shape index (κ1) is 15.9. The minimum absolute atomic E-state index is 0.150. The summed E-state index contributed by atoms with van der Waals surface area (Å²) in [6.07, 6.45) is 2.54. The number of rotatable bonds is 8. The Kier molecular flexibility index (Phi) is 7.25. The molecule has 0 aromatic heterocycles. The Morgan fingerprint density at radius 1 is 1.12 bits per heavy atom. The van der Waals surface area contributed by atoms with Crippen LogP contribution in [0.5, 0.6) is 0 Å². The van der Waals surface area contributed by atoms with Gasteiger partial charge < -0.3 is 5.73 Å². The molecule has 0 aromatic rings. The predicted octanol–water partition coefficient (Wildman–Crippen LogP) is 3.12. The Hall–Kier alpha value is -0.0800. The van der Waals surface area contributed by atoms with Crippen LogP contribution in [0.3, 0.4) is 0 Å². The molecule has 0 saturated carbocycles. The minimum atomic E-state index is 0.150. The van der Waals surface area contributed by atoms with Crippen LogP contribution in [-0.2, 0) is 0 Å². The van der Waals surface area contributed by atoms with Crippen LogP contribution >= 0.6 is 0 Å². The minimum Gasteiger partial charge on any atom is -0.329 e. The zero-order valence-corrected chi connectivity index (χ0v) is 12.2. The van der Waals surface area contributed by atoms with Gasteiger partial charge in [-0.25, -0.2) is 0 Å². The summed E-state index contributed by atoms with van der Waals surface area (Å²) in [5, 5.41) is 0. The van der Waals surface area contributed by atoms with E-state index in [2.05, 4.69) is 46.4 Å². The van der Waals surface area contributed by atoms with Crippen LogP contribution in [0.25, 0.3) is 0 Å². The molecule has 0 radical (unpaired) electrons. The molecule has 0 heterocycles. The van der Waals surface area contributed by atoms with Crippen molar-refractivity contribution in [1.29, 1.82) is 0 Å². The summed E-state index contributed by atoms with van der Waals surface area (Å²) in [6.45, 7) is 16.7. The van der Waals surface area contributed by atoms with Crippen molar-refractivity contribution in [2.24, 2.45) is 17.6 Å². The van der Waals surface area contributed by atoms with Gasteiger partial charge in [0.2, 0.25) is 0 Å². The van der Waals surface area contributed by atoms with E-state index in [1.807, 2.05) is 0 Å². The summed E-state index contributed by atoms with van der Waals surface area (Å²) in [5.74, 6) is 1.41. The highest BCUT2D eigenvalue weighted by molar-refractivity contribution is 4.90. The molecule has 1 atom stereocenters. The molecule has 2 nitrogen and oxygen atoms in total. The molecule has 0 spiro atoms. The molecule has 0 aliphatic heterocycles. The highest BCUT2D eigenvalue weighted by Crippen LogP contribution is 2.25. The van der Waals surface area contributed by atoms with Gasteiger partial charge in [-0.1, -0.05) is 47.5 Å². The summed E-state index contributed by atoms with van der Waals surface area (Å²) in [5.41, 5.74) is 6.15. The zero-order chi connectivity index (χ0) is 12.8. The number of nitrogens with two attached hydrogens (primary N) is 1. The quantitative estimate of drug-likeness (QED) is 0.691. The summed E-state index contributed by atoms with van der Waals surface area (Å²) < 4.78 is 0. The summed E-state index contributed by atoms with van der Waals surface area (Å²) in [4.78, 5) is 2.58. The van der Waals surface area contributed by atoms with E-state index in [0.717, 1.165) is 19.0 Å². The summed E-state index contributed by atoms with van der Waals surface area (Å²) >= 11 is 0. The maximum absolute atomic E-state index is 6.00. The lowest BCUT2D eigenvalue weighted by molar-refractivity contribution is 0.0551. The molecule has 0 saturated heterocycles. The smallest absolute Gasteiger partial charge is 0.0326 e. The molecule has 0 amide bonds. The highest BCUT2D eigenvalue weighted by Gasteiger charge is 2.33. The molecule has 2 N–H and O–H groups in total. The van der Waals surface area contributed by atoms with Crippen LogP contribution in [-0.4, -0.2) is 30.1 Å². The van der Waals surface area contributed by atoms with Gasteiger partial charge >= 0.3 is 0 Å². The molecule has 0 aliphatic carbocycles. The van der Waals surface area contributed by atoms with Gasteiger partial charge in [0, 0.05) is 18.6 Å². The summed E-state index contributed by atoms with van der Waals surface area (Å²) in [6, 6.07) is 0. The van der Waals surface area contributed by atoms with Crippen LogP contribution in [0, 0.1) is 11.8 Å². The molecule has 0 aliphatic rings. The number of likely N-dealkylation sites (N-methyl/N-ethyl adjacent to an activating group) is 1. The second-order valence-electron chi connectivity index (χ2n) is 5.44. The Balaban J connectivity index is 4.68. The van der Waals surface area contributed by atoms with Crippen LogP contribution < -0.4 is 5.73 Å². The van der Waals surface area contributed by atoms with Crippen molar-refractivity contribution in [3.63, 3.8) is 0 Å². The maximum atomic E-state index is 6.00. The fraction of sp³-hybridized carbons (Fsp3) is 1.00. The van der Waals surface area contributed by atoms with E-state index in [-0.39, 0.29) is 5.54 Å². The van der Waals surface area contributed by atoms with Gasteiger partial charge in [-0.05, 0) is 25.3 Å². The first-order chi connectivity index (χ1) is 7.46. The van der Waals surface area contributed by atoms with Crippen molar-refractivity contribution in [1.82, 2.24) is 4.90 Å². The van der Waals surface area contributed by atoms with Gasteiger partial charge in [0.25, 0.3) is 0 Å². The Morgan fingerprint density at radius 3 is 1.88 bits per heavy atom. The molecular weight excluding hydrogens is 196 g/mol. The summed E-state index contributed by atoms with van der Waals surface area (Å²) in [7, 11) is 0. The highest BCUT2D eigenvalue weighted by atomic mass is 15.2. The number of hydrogen-bond donors (Lipinski definition) is 1. The van der Waals surface area contributed by atoms with Gasteiger partial charge in [-0.3, -0.25) is 4.90 Å². The Labute approximate surface area is 103 Å². The van der Waals surface area contributed by atoms with Crippen molar-refractivity contribution in [2.45, 2.75) is 59.9 Å². The van der Waals surface area contributed by atoms with E-state index in [1.54, 1.807) is 0 Å². The molecule has 98 valence electrons. The van der Waals surface area contributed by atoms with Crippen molar-refractivity contribution in [2.75, 3.05) is 19.6 Å². The van der Waals surface area contributed by atoms with Crippen molar-refractivity contribution in [3.05, 3.63) is 0 Å². The average molecular weight is 228 g/mol. The lowest BCUT2D eigenvalue weighted by atomic mass is 9.85. The van der Waals surface area contributed by atoms with Gasteiger partial charge in [0.05, 0.1) is 0 Å². The van der Waals surface area contributed by atoms with Crippen LogP contribution in [0.1, 0.15) is 54.4 Å². The molecule has 2 heteroatoms. The van der Waals surface area contributed by atoms with Crippen molar-refractivity contribution in [3.8, 4) is 0 Å². The van der Waals surface area contributed by atoms with Crippen molar-refractivity contribution < 1.29 is 0 Å². The monoisotopic (exact) mass is 228 g/mol. The number of hydrogen-bond acceptors (Lipinski definition) is 2. The Bertz CT molecular complexity index is 176. The third-order valence-electron chi connectivity index (χ3n) is 4.39. The van der Waals surface area contributed by atoms with E-state index in [4.69, 9.17) is 5.73 Å². The topological polar surface area (TPSA) is 29.3 Å². The largest absolute Gasteiger partial charge is 0.329 e. The molecular formula is C14H32N2. The number of nitrogens with zero attached hydrogens (tertiary/aromatic N) is 1. The molecule has 1 unspecified atom stereocenters. The maximum Gasteiger partial charge on any atom is 0.0326 e. The molecule has 0 bridgehead atoms. The second-order valence-corrected chi connectivity index (χ2v) is 5.44. The molecule has 16 heavy (non-hydrogen) atoms. The fourth-order valence-electron chi connectivity index (χ4n) is 2.29. The normalized spacial score (nSPS) is 16.1. The van der Waals surface area contributed by atoms with Gasteiger partial charge in [0.15, 0.2) is 0 Å². The van der Waals surface area contributed by atoms with Crippen LogP contribution in [0.2, 0.25) is 0 Å². The predicted molar refractivity (Wildman–Crippen MR) is 73.6 cm³/mol. The van der Waals surface area contributed by atoms with E-state index in [0.29, 0.717) is 5.92 Å². The van der Waals surface area contributed by atoms with Gasteiger partial charge in [-0.15, -0.1) is 0 Å². The van der Waals surface area contributed by atoms with Crippen LogP contribution in [0.15, 0.2) is 0 Å².